The zero-order valence-electron chi connectivity index (χ0n) is 12.5. The minimum absolute atomic E-state index is 0.0996. The molecule has 0 radical (unpaired) electrons. The highest BCUT2D eigenvalue weighted by Gasteiger charge is 2.25. The largest absolute Gasteiger partial charge is 0.362 e. The number of rotatable bonds is 4. The van der Waals surface area contributed by atoms with Gasteiger partial charge in [-0.15, -0.1) is 0 Å². The van der Waals surface area contributed by atoms with E-state index in [1.54, 1.807) is 7.05 Å². The minimum atomic E-state index is 0.0996. The molecule has 0 spiro atoms. The van der Waals surface area contributed by atoms with Gasteiger partial charge in [-0.3, -0.25) is 14.5 Å². The molecule has 0 aromatic carbocycles. The second kappa shape index (κ2) is 6.22. The summed E-state index contributed by atoms with van der Waals surface area (Å²) in [6, 6.07) is 1.91. The van der Waals surface area contributed by atoms with Crippen LogP contribution < -0.4 is 5.32 Å². The van der Waals surface area contributed by atoms with E-state index < -0.39 is 0 Å². The average molecular weight is 277 g/mol. The third-order valence-electron chi connectivity index (χ3n) is 4.02. The lowest BCUT2D eigenvalue weighted by Gasteiger charge is -2.30. The van der Waals surface area contributed by atoms with E-state index in [-0.39, 0.29) is 17.6 Å². The van der Waals surface area contributed by atoms with Gasteiger partial charge in [0, 0.05) is 29.9 Å². The molecule has 20 heavy (non-hydrogen) atoms. The van der Waals surface area contributed by atoms with Crippen LogP contribution in [0.4, 0.5) is 0 Å². The molecule has 2 N–H and O–H groups in total. The third-order valence-corrected chi connectivity index (χ3v) is 4.02. The minimum Gasteiger partial charge on any atom is -0.362 e. The van der Waals surface area contributed by atoms with Gasteiger partial charge in [0.05, 0.1) is 6.54 Å². The van der Waals surface area contributed by atoms with Gasteiger partial charge in [0.2, 0.25) is 5.91 Å². The van der Waals surface area contributed by atoms with Gasteiger partial charge >= 0.3 is 0 Å². The monoisotopic (exact) mass is 277 g/mol. The van der Waals surface area contributed by atoms with Crippen molar-refractivity contribution < 1.29 is 9.59 Å². The number of piperidine rings is 1. The van der Waals surface area contributed by atoms with Crippen molar-refractivity contribution in [1.29, 1.82) is 0 Å². The standard InChI is InChI=1S/C15H23N3O2/c1-10-8-13(11(2)17-10)14(19)9-18-6-4-12(5-7-18)15(20)16-3/h8,12,17H,4-7,9H2,1-3H3,(H,16,20). The van der Waals surface area contributed by atoms with E-state index >= 15 is 0 Å². The number of aromatic amines is 1. The van der Waals surface area contributed by atoms with Gasteiger partial charge < -0.3 is 10.3 Å². The summed E-state index contributed by atoms with van der Waals surface area (Å²) >= 11 is 0. The Labute approximate surface area is 119 Å². The lowest BCUT2D eigenvalue weighted by molar-refractivity contribution is -0.125. The molecule has 0 bridgehead atoms. The first kappa shape index (κ1) is 14.8. The fourth-order valence-electron chi connectivity index (χ4n) is 2.86. The van der Waals surface area contributed by atoms with Gasteiger partial charge in [-0.25, -0.2) is 0 Å². The number of likely N-dealkylation sites (tertiary alicyclic amines) is 1. The predicted octanol–water partition coefficient (Wildman–Crippen LogP) is 1.27. The molecule has 2 heterocycles. The molecule has 1 aromatic heterocycles. The summed E-state index contributed by atoms with van der Waals surface area (Å²) in [4.78, 5) is 29.1. The molecule has 1 aliphatic heterocycles. The van der Waals surface area contributed by atoms with E-state index in [1.165, 1.54) is 0 Å². The number of aryl methyl sites for hydroxylation is 2. The van der Waals surface area contributed by atoms with E-state index in [0.717, 1.165) is 42.9 Å². The molecule has 0 saturated carbocycles. The predicted molar refractivity (Wildman–Crippen MR) is 77.8 cm³/mol. The lowest BCUT2D eigenvalue weighted by atomic mass is 9.95. The van der Waals surface area contributed by atoms with E-state index in [1.807, 2.05) is 19.9 Å². The second-order valence-corrected chi connectivity index (χ2v) is 5.58. The van der Waals surface area contributed by atoms with Gasteiger partial charge in [0.15, 0.2) is 5.78 Å². The van der Waals surface area contributed by atoms with Crippen LogP contribution in [0.2, 0.25) is 0 Å². The number of Topliss-reactive ketones (excluding diaryl/α,β-unsaturated/α-hetero) is 1. The number of amides is 1. The summed E-state index contributed by atoms with van der Waals surface area (Å²) in [6.45, 7) is 5.95. The number of nitrogens with one attached hydrogen (secondary N) is 2. The van der Waals surface area contributed by atoms with Crippen molar-refractivity contribution in [2.24, 2.45) is 5.92 Å². The van der Waals surface area contributed by atoms with Crippen molar-refractivity contribution in [3.8, 4) is 0 Å². The summed E-state index contributed by atoms with van der Waals surface area (Å²) in [5.41, 5.74) is 2.74. The van der Waals surface area contributed by atoms with Crippen LogP contribution in [0.1, 0.15) is 34.6 Å². The molecule has 1 aliphatic rings. The number of H-pyrrole nitrogens is 1. The summed E-state index contributed by atoms with van der Waals surface area (Å²) in [5, 5.41) is 2.70. The Morgan fingerprint density at radius 1 is 1.35 bits per heavy atom. The van der Waals surface area contributed by atoms with Crippen LogP contribution in [0, 0.1) is 19.8 Å². The molecule has 1 fully saturated rings. The number of carbonyl (C=O) groups excluding carboxylic acids is 2. The molecule has 1 saturated heterocycles. The average Bonchev–Trinajstić information content (AvgIpc) is 2.78. The summed E-state index contributed by atoms with van der Waals surface area (Å²) in [7, 11) is 1.68. The Morgan fingerprint density at radius 3 is 2.50 bits per heavy atom. The molecule has 1 aromatic rings. The zero-order valence-corrected chi connectivity index (χ0v) is 12.5. The van der Waals surface area contributed by atoms with Gasteiger partial charge in [-0.2, -0.15) is 0 Å². The van der Waals surface area contributed by atoms with Crippen LogP contribution in [0.25, 0.3) is 0 Å². The van der Waals surface area contributed by atoms with Crippen molar-refractivity contribution >= 4 is 11.7 Å². The van der Waals surface area contributed by atoms with E-state index in [2.05, 4.69) is 15.2 Å². The number of ketones is 1. The van der Waals surface area contributed by atoms with E-state index in [9.17, 15) is 9.59 Å². The Morgan fingerprint density at radius 2 is 2.00 bits per heavy atom. The summed E-state index contributed by atoms with van der Waals surface area (Å²) in [6.07, 6.45) is 1.66. The SMILES string of the molecule is CNC(=O)C1CCN(CC(=O)c2cc(C)[nH]c2C)CC1. The Hall–Kier alpha value is -1.62. The van der Waals surface area contributed by atoms with Crippen molar-refractivity contribution in [2.45, 2.75) is 26.7 Å². The van der Waals surface area contributed by atoms with Crippen molar-refractivity contribution in [2.75, 3.05) is 26.7 Å². The molecule has 1 amide bonds. The summed E-state index contributed by atoms with van der Waals surface area (Å²) < 4.78 is 0. The van der Waals surface area contributed by atoms with Crippen LogP contribution in [0.3, 0.4) is 0 Å². The van der Waals surface area contributed by atoms with Crippen LogP contribution in [0.5, 0.6) is 0 Å². The fraction of sp³-hybridized carbons (Fsp3) is 0.600. The molecule has 5 nitrogen and oxygen atoms in total. The highest BCUT2D eigenvalue weighted by molar-refractivity contribution is 5.98. The molecule has 2 rings (SSSR count). The van der Waals surface area contributed by atoms with Gasteiger partial charge in [0.25, 0.3) is 0 Å². The number of carbonyl (C=O) groups is 2. The normalized spacial score (nSPS) is 17.1. The molecular formula is C15H23N3O2. The molecular weight excluding hydrogens is 254 g/mol. The smallest absolute Gasteiger partial charge is 0.222 e. The number of nitrogens with zero attached hydrogens (tertiary/aromatic N) is 1. The topological polar surface area (TPSA) is 65.2 Å². The number of hydrogen-bond acceptors (Lipinski definition) is 3. The molecule has 0 aliphatic carbocycles. The summed E-state index contributed by atoms with van der Waals surface area (Å²) in [5.74, 6) is 0.376. The first-order chi connectivity index (χ1) is 9.51. The zero-order chi connectivity index (χ0) is 14.7. The highest BCUT2D eigenvalue weighted by Crippen LogP contribution is 2.18. The molecule has 110 valence electrons. The maximum Gasteiger partial charge on any atom is 0.222 e. The van der Waals surface area contributed by atoms with Crippen LogP contribution in [-0.2, 0) is 4.79 Å². The second-order valence-electron chi connectivity index (χ2n) is 5.58. The van der Waals surface area contributed by atoms with Crippen molar-refractivity contribution in [3.63, 3.8) is 0 Å². The van der Waals surface area contributed by atoms with Crippen LogP contribution >= 0.6 is 0 Å². The van der Waals surface area contributed by atoms with Crippen LogP contribution in [0.15, 0.2) is 6.07 Å². The number of hydrogen-bond donors (Lipinski definition) is 2. The molecule has 5 heteroatoms. The first-order valence-electron chi connectivity index (χ1n) is 7.14. The molecule has 0 atom stereocenters. The first-order valence-corrected chi connectivity index (χ1v) is 7.14. The van der Waals surface area contributed by atoms with Crippen molar-refractivity contribution in [1.82, 2.24) is 15.2 Å². The van der Waals surface area contributed by atoms with Crippen molar-refractivity contribution in [3.05, 3.63) is 23.0 Å². The fourth-order valence-corrected chi connectivity index (χ4v) is 2.86. The van der Waals surface area contributed by atoms with Gasteiger partial charge in [-0.1, -0.05) is 0 Å². The Kier molecular flexibility index (Phi) is 4.60. The van der Waals surface area contributed by atoms with Gasteiger partial charge in [0.1, 0.15) is 0 Å². The Bertz CT molecular complexity index is 499. The maximum absolute atomic E-state index is 12.3. The maximum atomic E-state index is 12.3. The van der Waals surface area contributed by atoms with Crippen LogP contribution in [-0.4, -0.2) is 48.3 Å². The quantitative estimate of drug-likeness (QED) is 0.815. The lowest BCUT2D eigenvalue weighted by Crippen LogP contribution is -2.41. The highest BCUT2D eigenvalue weighted by atomic mass is 16.1. The number of aromatic nitrogens is 1. The van der Waals surface area contributed by atoms with E-state index in [4.69, 9.17) is 0 Å². The van der Waals surface area contributed by atoms with E-state index in [0.29, 0.717) is 6.54 Å². The third kappa shape index (κ3) is 3.28. The van der Waals surface area contributed by atoms with Gasteiger partial charge in [-0.05, 0) is 45.8 Å². The molecule has 0 unspecified atom stereocenters. The Balaban J connectivity index is 1.88.